The van der Waals surface area contributed by atoms with Crippen LogP contribution in [0.4, 0.5) is 0 Å². The number of H-pyrrole nitrogens is 1. The zero-order valence-electron chi connectivity index (χ0n) is 6.98. The minimum Gasteiger partial charge on any atom is -0.373 e. The van der Waals surface area contributed by atoms with Crippen LogP contribution in [0.1, 0.15) is 16.8 Å². The Kier molecular flexibility index (Phi) is 1.50. The maximum Gasteiger partial charge on any atom is 0.0850 e. The van der Waals surface area contributed by atoms with E-state index in [1.807, 2.05) is 0 Å². The Hall–Kier alpha value is -0.760. The van der Waals surface area contributed by atoms with Crippen LogP contribution in [0.5, 0.6) is 0 Å². The largest absolute Gasteiger partial charge is 0.373 e. The predicted octanol–water partition coefficient (Wildman–Crippen LogP) is 1.57. The number of ether oxygens (including phenoxy) is 1. The second kappa shape index (κ2) is 2.38. The summed E-state index contributed by atoms with van der Waals surface area (Å²) in [6.45, 7) is 5.20. The summed E-state index contributed by atoms with van der Waals surface area (Å²) in [4.78, 5) is 3.21. The standard InChI is InChI=1S/C9H13NO/c1-6-4-10-7(2)9(6)3-8-5-11-8/h4,8,10H,3,5H2,1-2H3. The smallest absolute Gasteiger partial charge is 0.0850 e. The third kappa shape index (κ3) is 1.31. The zero-order valence-corrected chi connectivity index (χ0v) is 6.98. The fourth-order valence-electron chi connectivity index (χ4n) is 1.41. The Morgan fingerprint density at radius 2 is 2.36 bits per heavy atom. The summed E-state index contributed by atoms with van der Waals surface area (Å²) in [6.07, 6.45) is 3.65. The summed E-state index contributed by atoms with van der Waals surface area (Å²) < 4.78 is 5.18. The summed E-state index contributed by atoms with van der Waals surface area (Å²) >= 11 is 0. The third-order valence-electron chi connectivity index (χ3n) is 2.27. The van der Waals surface area contributed by atoms with E-state index in [1.165, 1.54) is 16.8 Å². The van der Waals surface area contributed by atoms with E-state index in [2.05, 4.69) is 25.0 Å². The predicted molar refractivity (Wildman–Crippen MR) is 43.7 cm³/mol. The van der Waals surface area contributed by atoms with Gasteiger partial charge < -0.3 is 9.72 Å². The second-order valence-electron chi connectivity index (χ2n) is 3.23. The molecular weight excluding hydrogens is 138 g/mol. The van der Waals surface area contributed by atoms with Gasteiger partial charge in [-0.2, -0.15) is 0 Å². The number of rotatable bonds is 2. The summed E-state index contributed by atoms with van der Waals surface area (Å²) in [5, 5.41) is 0. The molecule has 1 N–H and O–H groups in total. The van der Waals surface area contributed by atoms with Gasteiger partial charge in [-0.15, -0.1) is 0 Å². The van der Waals surface area contributed by atoms with Crippen molar-refractivity contribution in [3.05, 3.63) is 23.0 Å². The van der Waals surface area contributed by atoms with Crippen molar-refractivity contribution in [3.63, 3.8) is 0 Å². The summed E-state index contributed by atoms with van der Waals surface area (Å²) in [7, 11) is 0. The molecule has 1 saturated heterocycles. The van der Waals surface area contributed by atoms with Crippen molar-refractivity contribution < 1.29 is 4.74 Å². The van der Waals surface area contributed by atoms with Crippen molar-refractivity contribution >= 4 is 0 Å². The Balaban J connectivity index is 2.19. The highest BCUT2D eigenvalue weighted by Gasteiger charge is 2.24. The molecule has 1 aliphatic heterocycles. The molecule has 1 atom stereocenters. The Morgan fingerprint density at radius 1 is 1.64 bits per heavy atom. The third-order valence-corrected chi connectivity index (χ3v) is 2.27. The highest BCUT2D eigenvalue weighted by atomic mass is 16.6. The van der Waals surface area contributed by atoms with E-state index < -0.39 is 0 Å². The first-order chi connectivity index (χ1) is 5.27. The topological polar surface area (TPSA) is 28.3 Å². The number of aromatic amines is 1. The molecule has 0 spiro atoms. The fourth-order valence-corrected chi connectivity index (χ4v) is 1.41. The first-order valence-corrected chi connectivity index (χ1v) is 4.02. The van der Waals surface area contributed by atoms with Gasteiger partial charge in [0, 0.05) is 18.3 Å². The van der Waals surface area contributed by atoms with Crippen molar-refractivity contribution in [3.8, 4) is 0 Å². The summed E-state index contributed by atoms with van der Waals surface area (Å²) in [5.74, 6) is 0. The molecule has 2 nitrogen and oxygen atoms in total. The lowest BCUT2D eigenvalue weighted by molar-refractivity contribution is 0.407. The summed E-state index contributed by atoms with van der Waals surface area (Å²) in [6, 6.07) is 0. The number of aromatic nitrogens is 1. The maximum atomic E-state index is 5.18. The van der Waals surface area contributed by atoms with Crippen LogP contribution in [0.15, 0.2) is 6.20 Å². The molecule has 11 heavy (non-hydrogen) atoms. The molecule has 0 amide bonds. The average Bonchev–Trinajstić information content (AvgIpc) is 2.73. The molecule has 2 heteroatoms. The zero-order chi connectivity index (χ0) is 7.84. The van der Waals surface area contributed by atoms with Gasteiger partial charge in [-0.25, -0.2) is 0 Å². The molecule has 0 saturated carbocycles. The van der Waals surface area contributed by atoms with Crippen LogP contribution < -0.4 is 0 Å². The molecule has 0 aromatic carbocycles. The molecule has 1 unspecified atom stereocenters. The molecule has 1 aromatic heterocycles. The molecule has 60 valence electrons. The van der Waals surface area contributed by atoms with E-state index in [0.29, 0.717) is 6.10 Å². The normalized spacial score (nSPS) is 22.2. The van der Waals surface area contributed by atoms with Gasteiger partial charge in [-0.05, 0) is 25.0 Å². The Labute approximate surface area is 66.6 Å². The van der Waals surface area contributed by atoms with E-state index >= 15 is 0 Å². The molecule has 1 aromatic rings. The lowest BCUT2D eigenvalue weighted by Gasteiger charge is -1.97. The lowest BCUT2D eigenvalue weighted by Crippen LogP contribution is -1.95. The highest BCUT2D eigenvalue weighted by Crippen LogP contribution is 2.20. The van der Waals surface area contributed by atoms with Crippen LogP contribution in [-0.2, 0) is 11.2 Å². The van der Waals surface area contributed by atoms with Gasteiger partial charge in [0.2, 0.25) is 0 Å². The molecule has 0 aliphatic carbocycles. The first-order valence-electron chi connectivity index (χ1n) is 4.02. The molecule has 1 fully saturated rings. The average molecular weight is 151 g/mol. The van der Waals surface area contributed by atoms with Crippen molar-refractivity contribution in [1.29, 1.82) is 0 Å². The van der Waals surface area contributed by atoms with E-state index in [-0.39, 0.29) is 0 Å². The van der Waals surface area contributed by atoms with Crippen LogP contribution >= 0.6 is 0 Å². The van der Waals surface area contributed by atoms with Crippen LogP contribution in [-0.4, -0.2) is 17.7 Å². The van der Waals surface area contributed by atoms with E-state index in [9.17, 15) is 0 Å². The second-order valence-corrected chi connectivity index (χ2v) is 3.23. The SMILES string of the molecule is Cc1c[nH]c(C)c1CC1CO1. The van der Waals surface area contributed by atoms with Crippen molar-refractivity contribution in [2.45, 2.75) is 26.4 Å². The van der Waals surface area contributed by atoms with Crippen LogP contribution in [0.3, 0.4) is 0 Å². The molecule has 0 radical (unpaired) electrons. The maximum absolute atomic E-state index is 5.18. The Morgan fingerprint density at radius 3 is 2.82 bits per heavy atom. The fraction of sp³-hybridized carbons (Fsp3) is 0.556. The van der Waals surface area contributed by atoms with E-state index in [0.717, 1.165) is 13.0 Å². The quantitative estimate of drug-likeness (QED) is 0.638. The van der Waals surface area contributed by atoms with Crippen LogP contribution in [0.25, 0.3) is 0 Å². The van der Waals surface area contributed by atoms with Gasteiger partial charge in [0.15, 0.2) is 0 Å². The minimum atomic E-state index is 0.503. The molecule has 0 bridgehead atoms. The number of aryl methyl sites for hydroxylation is 2. The van der Waals surface area contributed by atoms with E-state index in [4.69, 9.17) is 4.74 Å². The number of nitrogens with one attached hydrogen (secondary N) is 1. The van der Waals surface area contributed by atoms with Crippen molar-refractivity contribution in [2.75, 3.05) is 6.61 Å². The lowest BCUT2D eigenvalue weighted by atomic mass is 10.1. The van der Waals surface area contributed by atoms with Gasteiger partial charge in [-0.1, -0.05) is 0 Å². The monoisotopic (exact) mass is 151 g/mol. The molecule has 2 rings (SSSR count). The highest BCUT2D eigenvalue weighted by molar-refractivity contribution is 5.29. The van der Waals surface area contributed by atoms with Gasteiger partial charge in [0.05, 0.1) is 12.7 Å². The van der Waals surface area contributed by atoms with Gasteiger partial charge >= 0.3 is 0 Å². The minimum absolute atomic E-state index is 0.503. The van der Waals surface area contributed by atoms with Gasteiger partial charge in [0.25, 0.3) is 0 Å². The number of hydrogen-bond donors (Lipinski definition) is 1. The van der Waals surface area contributed by atoms with Crippen molar-refractivity contribution in [1.82, 2.24) is 4.98 Å². The van der Waals surface area contributed by atoms with E-state index in [1.54, 1.807) is 0 Å². The number of epoxide rings is 1. The molecular formula is C9H13NO. The Bertz CT molecular complexity index is 241. The van der Waals surface area contributed by atoms with Crippen LogP contribution in [0, 0.1) is 13.8 Å². The summed E-state index contributed by atoms with van der Waals surface area (Å²) in [5.41, 5.74) is 4.09. The first kappa shape index (κ1) is 6.92. The van der Waals surface area contributed by atoms with Gasteiger partial charge in [-0.3, -0.25) is 0 Å². The molecule has 1 aliphatic rings. The van der Waals surface area contributed by atoms with Crippen LogP contribution in [0.2, 0.25) is 0 Å². The molecule has 2 heterocycles. The van der Waals surface area contributed by atoms with Gasteiger partial charge in [0.1, 0.15) is 0 Å². The number of hydrogen-bond acceptors (Lipinski definition) is 1. The van der Waals surface area contributed by atoms with Crippen molar-refractivity contribution in [2.24, 2.45) is 0 Å².